The fourth-order valence-electron chi connectivity index (χ4n) is 3.33. The zero-order chi connectivity index (χ0) is 17.6. The summed E-state index contributed by atoms with van der Waals surface area (Å²) in [5.74, 6) is -0.922. The van der Waals surface area contributed by atoms with Crippen molar-refractivity contribution in [2.45, 2.75) is 38.0 Å². The van der Waals surface area contributed by atoms with Gasteiger partial charge in [0.25, 0.3) is 5.56 Å². The monoisotopic (exact) mass is 342 g/mol. The van der Waals surface area contributed by atoms with Crippen LogP contribution in [0.15, 0.2) is 9.59 Å². The highest BCUT2D eigenvalue weighted by Crippen LogP contribution is 2.26. The standard InChI is InChI=1S/C14H13F3N4O3/c15-14(16,17)7-19-5-3-10(12(19)23)21-11(22)8(6-18)9-2-1-4-20(9)13(21)24/h10H,1-5,7H2/t10-/m0/s1. The molecule has 2 aliphatic rings. The lowest BCUT2D eigenvalue weighted by Crippen LogP contribution is -2.46. The van der Waals surface area contributed by atoms with Crippen LogP contribution in [0.3, 0.4) is 0 Å². The van der Waals surface area contributed by atoms with Crippen molar-refractivity contribution < 1.29 is 18.0 Å². The number of nitriles is 1. The van der Waals surface area contributed by atoms with Crippen LogP contribution in [0.1, 0.15) is 30.1 Å². The van der Waals surface area contributed by atoms with E-state index in [4.69, 9.17) is 0 Å². The van der Waals surface area contributed by atoms with Crippen molar-refractivity contribution in [2.24, 2.45) is 0 Å². The van der Waals surface area contributed by atoms with Crippen LogP contribution in [0, 0.1) is 11.3 Å². The molecule has 1 aromatic rings. The van der Waals surface area contributed by atoms with E-state index >= 15 is 0 Å². The SMILES string of the molecule is N#Cc1c2n(c(=O)n([C@H]3CCN(CC(F)(F)F)C3=O)c1=O)CCC2. The molecule has 0 N–H and O–H groups in total. The lowest BCUT2D eigenvalue weighted by molar-refractivity contribution is -0.158. The molecule has 0 unspecified atom stereocenters. The summed E-state index contributed by atoms with van der Waals surface area (Å²) in [6.07, 6.45) is -3.63. The maximum Gasteiger partial charge on any atom is 0.406 e. The fourth-order valence-corrected chi connectivity index (χ4v) is 3.33. The molecule has 1 fully saturated rings. The number of amides is 1. The maximum atomic E-state index is 12.5. The van der Waals surface area contributed by atoms with E-state index in [-0.39, 0.29) is 18.5 Å². The average molecular weight is 342 g/mol. The van der Waals surface area contributed by atoms with Gasteiger partial charge in [0.1, 0.15) is 24.2 Å². The maximum absolute atomic E-state index is 12.5. The summed E-state index contributed by atoms with van der Waals surface area (Å²) < 4.78 is 39.4. The Bertz CT molecular complexity index is 862. The highest BCUT2D eigenvalue weighted by atomic mass is 19.4. The zero-order valence-electron chi connectivity index (χ0n) is 12.5. The number of nitrogens with zero attached hydrogens (tertiary/aromatic N) is 4. The summed E-state index contributed by atoms with van der Waals surface area (Å²) >= 11 is 0. The van der Waals surface area contributed by atoms with Gasteiger partial charge < -0.3 is 4.90 Å². The molecular formula is C14H13F3N4O3. The summed E-state index contributed by atoms with van der Waals surface area (Å²) in [6.45, 7) is -1.30. The van der Waals surface area contributed by atoms with Crippen LogP contribution in [-0.4, -0.2) is 39.2 Å². The zero-order valence-corrected chi connectivity index (χ0v) is 12.5. The van der Waals surface area contributed by atoms with Crippen LogP contribution in [-0.2, 0) is 17.8 Å². The van der Waals surface area contributed by atoms with E-state index in [1.165, 1.54) is 4.57 Å². The van der Waals surface area contributed by atoms with Gasteiger partial charge in [-0.1, -0.05) is 0 Å². The first-order valence-electron chi connectivity index (χ1n) is 7.38. The van der Waals surface area contributed by atoms with Crippen molar-refractivity contribution in [1.29, 1.82) is 5.26 Å². The van der Waals surface area contributed by atoms with Crippen LogP contribution in [0.2, 0.25) is 0 Å². The van der Waals surface area contributed by atoms with Gasteiger partial charge in [0.2, 0.25) is 5.91 Å². The Balaban J connectivity index is 2.06. The molecule has 1 aromatic heterocycles. The predicted molar refractivity (Wildman–Crippen MR) is 74.3 cm³/mol. The van der Waals surface area contributed by atoms with Crippen molar-refractivity contribution >= 4 is 5.91 Å². The van der Waals surface area contributed by atoms with E-state index in [1.54, 1.807) is 6.07 Å². The molecule has 1 saturated heterocycles. The van der Waals surface area contributed by atoms with Gasteiger partial charge >= 0.3 is 11.9 Å². The first-order chi connectivity index (χ1) is 11.2. The Morgan fingerprint density at radius 1 is 1.21 bits per heavy atom. The number of rotatable bonds is 2. The van der Waals surface area contributed by atoms with Crippen LogP contribution in [0.5, 0.6) is 0 Å². The van der Waals surface area contributed by atoms with E-state index < -0.39 is 35.9 Å². The predicted octanol–water partition coefficient (Wildman–Crippen LogP) is 0.164. The molecule has 0 spiro atoms. The number of alkyl halides is 3. The molecular weight excluding hydrogens is 329 g/mol. The number of carbonyl (C=O) groups excluding carboxylic acids is 1. The summed E-state index contributed by atoms with van der Waals surface area (Å²) in [4.78, 5) is 37.7. The first-order valence-corrected chi connectivity index (χ1v) is 7.38. The molecule has 7 nitrogen and oxygen atoms in total. The van der Waals surface area contributed by atoms with E-state index in [9.17, 15) is 32.8 Å². The minimum atomic E-state index is -4.56. The van der Waals surface area contributed by atoms with Crippen molar-refractivity contribution in [2.75, 3.05) is 13.1 Å². The van der Waals surface area contributed by atoms with Gasteiger partial charge in [-0.3, -0.25) is 14.2 Å². The summed E-state index contributed by atoms with van der Waals surface area (Å²) in [5, 5.41) is 9.19. The van der Waals surface area contributed by atoms with Crippen LogP contribution >= 0.6 is 0 Å². The number of carbonyl (C=O) groups is 1. The Morgan fingerprint density at radius 2 is 1.92 bits per heavy atom. The van der Waals surface area contributed by atoms with Crippen LogP contribution < -0.4 is 11.2 Å². The fraction of sp³-hybridized carbons (Fsp3) is 0.571. The molecule has 0 aromatic carbocycles. The highest BCUT2D eigenvalue weighted by molar-refractivity contribution is 5.82. The molecule has 128 valence electrons. The van der Waals surface area contributed by atoms with Gasteiger partial charge in [0.05, 0.1) is 0 Å². The number of likely N-dealkylation sites (tertiary alicyclic amines) is 1. The minimum absolute atomic E-state index is 0.0751. The largest absolute Gasteiger partial charge is 0.406 e. The Morgan fingerprint density at radius 3 is 2.54 bits per heavy atom. The molecule has 0 bridgehead atoms. The van der Waals surface area contributed by atoms with E-state index in [0.29, 0.717) is 34.5 Å². The third-order valence-corrected chi connectivity index (χ3v) is 4.34. The summed E-state index contributed by atoms with van der Waals surface area (Å²) in [5.41, 5.74) is -1.52. The molecule has 10 heteroatoms. The van der Waals surface area contributed by atoms with Gasteiger partial charge in [-0.15, -0.1) is 0 Å². The number of halogens is 3. The summed E-state index contributed by atoms with van der Waals surface area (Å²) in [7, 11) is 0. The Hall–Kier alpha value is -2.57. The Kier molecular flexibility index (Phi) is 3.74. The molecule has 0 radical (unpaired) electrons. The molecule has 3 heterocycles. The number of aromatic nitrogens is 2. The second kappa shape index (κ2) is 5.51. The number of hydrogen-bond donors (Lipinski definition) is 0. The second-order valence-corrected chi connectivity index (χ2v) is 5.83. The second-order valence-electron chi connectivity index (χ2n) is 5.83. The van der Waals surface area contributed by atoms with Gasteiger partial charge in [0.15, 0.2) is 0 Å². The van der Waals surface area contributed by atoms with Crippen molar-refractivity contribution in [3.8, 4) is 6.07 Å². The summed E-state index contributed by atoms with van der Waals surface area (Å²) in [6, 6.07) is 0.459. The first kappa shape index (κ1) is 16.3. The normalized spacial score (nSPS) is 20.3. The van der Waals surface area contributed by atoms with Gasteiger partial charge in [0, 0.05) is 18.8 Å². The highest BCUT2D eigenvalue weighted by Gasteiger charge is 2.41. The molecule has 0 saturated carbocycles. The molecule has 1 amide bonds. The molecule has 1 atom stereocenters. The molecule has 0 aliphatic carbocycles. The smallest absolute Gasteiger partial charge is 0.332 e. The van der Waals surface area contributed by atoms with Crippen molar-refractivity contribution in [3.63, 3.8) is 0 Å². The van der Waals surface area contributed by atoms with Gasteiger partial charge in [-0.2, -0.15) is 18.4 Å². The third kappa shape index (κ3) is 2.50. The van der Waals surface area contributed by atoms with Crippen molar-refractivity contribution in [1.82, 2.24) is 14.0 Å². The number of hydrogen-bond acceptors (Lipinski definition) is 4. The molecule has 3 rings (SSSR count). The van der Waals surface area contributed by atoms with E-state index in [0.717, 1.165) is 0 Å². The van der Waals surface area contributed by atoms with Gasteiger partial charge in [-0.05, 0) is 19.3 Å². The average Bonchev–Trinajstić information content (AvgIpc) is 3.08. The molecule has 2 aliphatic heterocycles. The van der Waals surface area contributed by atoms with Crippen LogP contribution in [0.4, 0.5) is 13.2 Å². The lowest BCUT2D eigenvalue weighted by Gasteiger charge is -2.19. The molecule has 24 heavy (non-hydrogen) atoms. The third-order valence-electron chi connectivity index (χ3n) is 4.34. The van der Waals surface area contributed by atoms with Crippen LogP contribution in [0.25, 0.3) is 0 Å². The van der Waals surface area contributed by atoms with Crippen molar-refractivity contribution in [3.05, 3.63) is 32.1 Å². The lowest BCUT2D eigenvalue weighted by atomic mass is 10.2. The van der Waals surface area contributed by atoms with Gasteiger partial charge in [-0.25, -0.2) is 9.36 Å². The minimum Gasteiger partial charge on any atom is -0.332 e. The quantitative estimate of drug-likeness (QED) is 0.766. The Labute approximate surface area is 133 Å². The van der Waals surface area contributed by atoms with E-state index in [1.807, 2.05) is 0 Å². The number of fused-ring (bicyclic) bond motifs is 1. The topological polar surface area (TPSA) is 88.1 Å². The van der Waals surface area contributed by atoms with E-state index in [2.05, 4.69) is 0 Å².